The molecular formula is C23H30N6O5. The summed E-state index contributed by atoms with van der Waals surface area (Å²) in [6, 6.07) is 5.80. The number of hydrogen-bond donors (Lipinski definition) is 6. The number of nitrogen functional groups attached to an aromatic ring is 2. The molecule has 11 nitrogen and oxygen atoms in total. The van der Waals surface area contributed by atoms with Crippen molar-refractivity contribution in [1.82, 2.24) is 15.3 Å². The first kappa shape index (κ1) is 24.7. The maximum absolute atomic E-state index is 12.5. The number of carbonyl (C=O) groups is 3. The fourth-order valence-corrected chi connectivity index (χ4v) is 4.25. The fraction of sp³-hybridized carbons (Fsp3) is 0.435. The van der Waals surface area contributed by atoms with E-state index in [-0.39, 0.29) is 24.7 Å². The van der Waals surface area contributed by atoms with Gasteiger partial charge in [0.1, 0.15) is 17.7 Å². The van der Waals surface area contributed by atoms with Crippen molar-refractivity contribution in [2.24, 2.45) is 5.92 Å². The summed E-state index contributed by atoms with van der Waals surface area (Å²) in [6.45, 7) is 2.85. The van der Waals surface area contributed by atoms with E-state index in [1.165, 1.54) is 0 Å². The van der Waals surface area contributed by atoms with E-state index in [0.717, 1.165) is 36.9 Å². The van der Waals surface area contributed by atoms with Crippen molar-refractivity contribution in [3.05, 3.63) is 41.0 Å². The quantitative estimate of drug-likeness (QED) is 0.298. The Labute approximate surface area is 197 Å². The number of nitrogens with one attached hydrogen (secondary N) is 2. The van der Waals surface area contributed by atoms with Gasteiger partial charge in [0.05, 0.1) is 0 Å². The van der Waals surface area contributed by atoms with Gasteiger partial charge in [-0.2, -0.15) is 9.97 Å². The molecule has 1 aliphatic heterocycles. The zero-order chi connectivity index (χ0) is 24.8. The second kappa shape index (κ2) is 10.8. The Hall–Kier alpha value is -3.89. The van der Waals surface area contributed by atoms with E-state index in [1.54, 1.807) is 12.1 Å². The molecule has 0 saturated carbocycles. The van der Waals surface area contributed by atoms with Gasteiger partial charge in [-0.15, -0.1) is 0 Å². The first-order valence-corrected chi connectivity index (χ1v) is 11.2. The number of aliphatic carboxylic acids is 2. The van der Waals surface area contributed by atoms with Gasteiger partial charge in [-0.05, 0) is 55.2 Å². The number of carboxylic acids is 2. The van der Waals surface area contributed by atoms with E-state index >= 15 is 0 Å². The van der Waals surface area contributed by atoms with E-state index in [1.807, 2.05) is 12.1 Å². The van der Waals surface area contributed by atoms with Crippen LogP contribution in [0, 0.1) is 5.92 Å². The summed E-state index contributed by atoms with van der Waals surface area (Å²) in [4.78, 5) is 42.8. The summed E-state index contributed by atoms with van der Waals surface area (Å²) in [5, 5.41) is 23.7. The van der Waals surface area contributed by atoms with Crippen LogP contribution >= 0.6 is 0 Å². The minimum atomic E-state index is -1.27. The van der Waals surface area contributed by atoms with Crippen LogP contribution < -0.4 is 22.1 Å². The highest BCUT2D eigenvalue weighted by Gasteiger charge is 2.26. The summed E-state index contributed by atoms with van der Waals surface area (Å²) in [5.74, 6) is -1.14. The smallest absolute Gasteiger partial charge is 0.326 e. The normalized spacial score (nSPS) is 16.6. The van der Waals surface area contributed by atoms with Crippen LogP contribution in [0.1, 0.15) is 60.0 Å². The van der Waals surface area contributed by atoms with E-state index in [4.69, 9.17) is 16.6 Å². The number of fused-ring (bicyclic) bond motifs is 1. The molecule has 182 valence electrons. The van der Waals surface area contributed by atoms with Gasteiger partial charge in [-0.1, -0.05) is 19.1 Å². The predicted molar refractivity (Wildman–Crippen MR) is 126 cm³/mol. The number of anilines is 3. The van der Waals surface area contributed by atoms with Crippen LogP contribution in [-0.4, -0.2) is 50.6 Å². The highest BCUT2D eigenvalue weighted by atomic mass is 16.4. The van der Waals surface area contributed by atoms with Crippen LogP contribution in [0.3, 0.4) is 0 Å². The SMILES string of the molecule is CCC(CC1CNc2nc(N)nc(N)c2C1)c1ccc(C(=O)N[C@@H](CCC(=O)O)C(=O)O)cc1. The third kappa shape index (κ3) is 6.12. The molecule has 3 atom stereocenters. The molecule has 0 aliphatic carbocycles. The molecule has 0 bridgehead atoms. The highest BCUT2D eigenvalue weighted by molar-refractivity contribution is 5.96. The lowest BCUT2D eigenvalue weighted by molar-refractivity contribution is -0.140. The standard InChI is InChI=1S/C23H30N6O5/c1-2-13(9-12-10-16-19(24)28-23(25)29-20(16)26-11-12)14-3-5-15(6-4-14)21(32)27-17(22(33)34)7-8-18(30)31/h3-6,12-13,17H,2,7-11H2,1H3,(H,27,32)(H,30,31)(H,33,34)(H5,24,25,26,28,29)/t12?,13?,17-/m0/s1. The topological polar surface area (TPSA) is 194 Å². The van der Waals surface area contributed by atoms with Crippen molar-refractivity contribution in [3.63, 3.8) is 0 Å². The maximum Gasteiger partial charge on any atom is 0.326 e. The molecule has 3 rings (SSSR count). The molecule has 8 N–H and O–H groups in total. The second-order valence-corrected chi connectivity index (χ2v) is 8.50. The van der Waals surface area contributed by atoms with Gasteiger partial charge in [0.2, 0.25) is 5.95 Å². The Morgan fingerprint density at radius 1 is 1.18 bits per heavy atom. The van der Waals surface area contributed by atoms with Gasteiger partial charge in [-0.3, -0.25) is 9.59 Å². The molecule has 34 heavy (non-hydrogen) atoms. The molecule has 1 aliphatic rings. The van der Waals surface area contributed by atoms with Crippen molar-refractivity contribution in [2.75, 3.05) is 23.3 Å². The number of carboxylic acid groups (broad SMARTS) is 2. The van der Waals surface area contributed by atoms with Crippen molar-refractivity contribution in [3.8, 4) is 0 Å². The number of amides is 1. The summed E-state index contributed by atoms with van der Waals surface area (Å²) in [6.07, 6.45) is 2.01. The summed E-state index contributed by atoms with van der Waals surface area (Å²) < 4.78 is 0. The third-order valence-electron chi connectivity index (χ3n) is 6.11. The lowest BCUT2D eigenvalue weighted by atomic mass is 9.83. The molecule has 0 spiro atoms. The molecule has 11 heteroatoms. The van der Waals surface area contributed by atoms with Crippen molar-refractivity contribution < 1.29 is 24.6 Å². The van der Waals surface area contributed by atoms with Gasteiger partial charge in [0.15, 0.2) is 0 Å². The lowest BCUT2D eigenvalue weighted by Gasteiger charge is -2.29. The van der Waals surface area contributed by atoms with Gasteiger partial charge in [0, 0.05) is 24.1 Å². The van der Waals surface area contributed by atoms with Crippen LogP contribution in [0.4, 0.5) is 17.6 Å². The number of nitrogens with two attached hydrogens (primary N) is 2. The van der Waals surface area contributed by atoms with E-state index in [9.17, 15) is 19.5 Å². The Morgan fingerprint density at radius 3 is 2.50 bits per heavy atom. The van der Waals surface area contributed by atoms with Crippen LogP contribution in [0.25, 0.3) is 0 Å². The average molecular weight is 471 g/mol. The summed E-state index contributed by atoms with van der Waals surface area (Å²) in [5.41, 5.74) is 14.0. The Kier molecular flexibility index (Phi) is 7.87. The summed E-state index contributed by atoms with van der Waals surface area (Å²) >= 11 is 0. The van der Waals surface area contributed by atoms with Gasteiger partial charge >= 0.3 is 11.9 Å². The van der Waals surface area contributed by atoms with Crippen molar-refractivity contribution in [2.45, 2.75) is 51.0 Å². The summed E-state index contributed by atoms with van der Waals surface area (Å²) in [7, 11) is 0. The van der Waals surface area contributed by atoms with Crippen molar-refractivity contribution in [1.29, 1.82) is 0 Å². The Morgan fingerprint density at radius 2 is 1.88 bits per heavy atom. The fourth-order valence-electron chi connectivity index (χ4n) is 4.25. The van der Waals surface area contributed by atoms with Gasteiger partial charge in [0.25, 0.3) is 5.91 Å². The van der Waals surface area contributed by atoms with Gasteiger partial charge < -0.3 is 32.3 Å². The van der Waals surface area contributed by atoms with E-state index in [0.29, 0.717) is 23.1 Å². The molecule has 2 heterocycles. The largest absolute Gasteiger partial charge is 0.481 e. The maximum atomic E-state index is 12.5. The van der Waals surface area contributed by atoms with E-state index in [2.05, 4.69) is 27.5 Å². The molecule has 1 aromatic carbocycles. The lowest BCUT2D eigenvalue weighted by Crippen LogP contribution is -2.41. The molecule has 1 amide bonds. The number of nitrogens with zero attached hydrogens (tertiary/aromatic N) is 2. The molecule has 0 fully saturated rings. The van der Waals surface area contributed by atoms with E-state index < -0.39 is 23.9 Å². The number of aromatic nitrogens is 2. The minimum Gasteiger partial charge on any atom is -0.481 e. The van der Waals surface area contributed by atoms with Gasteiger partial charge in [-0.25, -0.2) is 4.79 Å². The number of hydrogen-bond acceptors (Lipinski definition) is 8. The van der Waals surface area contributed by atoms with Crippen LogP contribution in [-0.2, 0) is 16.0 Å². The molecule has 2 unspecified atom stereocenters. The molecular weight excluding hydrogens is 440 g/mol. The molecule has 0 saturated heterocycles. The van der Waals surface area contributed by atoms with Crippen LogP contribution in [0.15, 0.2) is 24.3 Å². The monoisotopic (exact) mass is 470 g/mol. The predicted octanol–water partition coefficient (Wildman–Crippen LogP) is 1.86. The van der Waals surface area contributed by atoms with Crippen molar-refractivity contribution >= 4 is 35.4 Å². The first-order valence-electron chi connectivity index (χ1n) is 11.2. The zero-order valence-corrected chi connectivity index (χ0v) is 19.0. The third-order valence-corrected chi connectivity index (χ3v) is 6.11. The Balaban J connectivity index is 1.64. The number of benzene rings is 1. The number of rotatable bonds is 10. The zero-order valence-electron chi connectivity index (χ0n) is 19.0. The Bertz CT molecular complexity index is 1060. The molecule has 0 radical (unpaired) electrons. The minimum absolute atomic E-state index is 0.148. The van der Waals surface area contributed by atoms with Crippen LogP contribution in [0.5, 0.6) is 0 Å². The molecule has 1 aromatic heterocycles. The number of carbonyl (C=O) groups excluding carboxylic acids is 1. The highest BCUT2D eigenvalue weighted by Crippen LogP contribution is 2.34. The molecule has 2 aromatic rings. The van der Waals surface area contributed by atoms with Crippen LogP contribution in [0.2, 0.25) is 0 Å². The second-order valence-electron chi connectivity index (χ2n) is 8.50. The average Bonchev–Trinajstić information content (AvgIpc) is 2.80. The first-order chi connectivity index (χ1) is 16.2.